The van der Waals surface area contributed by atoms with Gasteiger partial charge < -0.3 is 19.5 Å². The molecule has 4 atom stereocenters. The van der Waals surface area contributed by atoms with Crippen molar-refractivity contribution in [3.05, 3.63) is 35.9 Å². The second-order valence-corrected chi connectivity index (χ2v) is 5.95. The topological polar surface area (TPSA) is 73.9 Å². The normalized spacial score (nSPS) is 26.2. The predicted molar refractivity (Wildman–Crippen MR) is 83.7 cm³/mol. The van der Waals surface area contributed by atoms with Crippen molar-refractivity contribution >= 4 is 11.9 Å². The molecule has 26 heavy (non-hydrogen) atoms. The van der Waals surface area contributed by atoms with Crippen molar-refractivity contribution in [3.63, 3.8) is 0 Å². The molecule has 1 aliphatic rings. The van der Waals surface area contributed by atoms with E-state index in [1.54, 1.807) is 31.2 Å². The molecule has 1 aliphatic heterocycles. The Hall–Kier alpha value is -2.13. The van der Waals surface area contributed by atoms with Gasteiger partial charge in [-0.15, -0.1) is 0 Å². The van der Waals surface area contributed by atoms with Gasteiger partial charge in [0.25, 0.3) is 0 Å². The highest BCUT2D eigenvalue weighted by Gasteiger charge is 2.45. The first kappa shape index (κ1) is 20.2. The summed E-state index contributed by atoms with van der Waals surface area (Å²) in [5, 5.41) is 1.92. The number of nitrogens with one attached hydrogen (secondary N) is 1. The van der Waals surface area contributed by atoms with E-state index in [1.165, 1.54) is 0 Å². The second-order valence-electron chi connectivity index (χ2n) is 5.95. The molecular formula is C17H20F3NO5. The lowest BCUT2D eigenvalue weighted by molar-refractivity contribution is -0.233. The zero-order valence-corrected chi connectivity index (χ0v) is 14.3. The van der Waals surface area contributed by atoms with Crippen LogP contribution in [0.15, 0.2) is 30.3 Å². The van der Waals surface area contributed by atoms with Crippen LogP contribution in [-0.2, 0) is 30.4 Å². The fourth-order valence-electron chi connectivity index (χ4n) is 2.71. The Morgan fingerprint density at radius 1 is 1.27 bits per heavy atom. The number of carbonyl (C=O) groups is 2. The highest BCUT2D eigenvalue weighted by molar-refractivity contribution is 5.82. The van der Waals surface area contributed by atoms with Gasteiger partial charge in [-0.2, -0.15) is 13.2 Å². The quantitative estimate of drug-likeness (QED) is 0.800. The molecule has 1 unspecified atom stereocenters. The molecule has 1 amide bonds. The van der Waals surface area contributed by atoms with E-state index in [2.05, 4.69) is 0 Å². The summed E-state index contributed by atoms with van der Waals surface area (Å²) in [5.41, 5.74) is 0.822. The molecule has 6 nitrogen and oxygen atoms in total. The number of benzene rings is 1. The highest BCUT2D eigenvalue weighted by atomic mass is 19.4. The lowest BCUT2D eigenvalue weighted by atomic mass is 9.99. The van der Waals surface area contributed by atoms with Crippen LogP contribution in [0.2, 0.25) is 0 Å². The Morgan fingerprint density at radius 2 is 1.92 bits per heavy atom. The van der Waals surface area contributed by atoms with Crippen LogP contribution in [0.5, 0.6) is 0 Å². The molecule has 0 bridgehead atoms. The maximum Gasteiger partial charge on any atom is 0.471 e. The summed E-state index contributed by atoms with van der Waals surface area (Å²) in [6.45, 7) is 2.88. The number of rotatable bonds is 5. The van der Waals surface area contributed by atoms with Gasteiger partial charge in [-0.05, 0) is 12.5 Å². The molecule has 0 spiro atoms. The van der Waals surface area contributed by atoms with Gasteiger partial charge in [0.05, 0.1) is 18.8 Å². The van der Waals surface area contributed by atoms with Crippen molar-refractivity contribution in [2.24, 2.45) is 0 Å². The van der Waals surface area contributed by atoms with Crippen LogP contribution < -0.4 is 5.32 Å². The van der Waals surface area contributed by atoms with E-state index in [0.717, 1.165) is 12.5 Å². The van der Waals surface area contributed by atoms with Crippen LogP contribution in [-0.4, -0.2) is 42.6 Å². The van der Waals surface area contributed by atoms with E-state index in [1.807, 2.05) is 11.4 Å². The molecule has 1 aromatic carbocycles. The average molecular weight is 375 g/mol. The Kier molecular flexibility index (Phi) is 6.60. The van der Waals surface area contributed by atoms with Crippen molar-refractivity contribution in [1.29, 1.82) is 0 Å². The zero-order chi connectivity index (χ0) is 19.3. The van der Waals surface area contributed by atoms with Crippen LogP contribution >= 0.6 is 0 Å². The van der Waals surface area contributed by atoms with Gasteiger partial charge in [0.2, 0.25) is 6.29 Å². The van der Waals surface area contributed by atoms with Gasteiger partial charge in [0, 0.05) is 13.3 Å². The highest BCUT2D eigenvalue weighted by Crippen LogP contribution is 2.26. The maximum atomic E-state index is 12.6. The Balaban J connectivity index is 2.10. The first-order valence-electron chi connectivity index (χ1n) is 8.02. The average Bonchev–Trinajstić information content (AvgIpc) is 2.53. The fourth-order valence-corrected chi connectivity index (χ4v) is 2.71. The minimum Gasteiger partial charge on any atom is -0.436 e. The molecule has 0 radical (unpaired) electrons. The number of halogens is 3. The largest absolute Gasteiger partial charge is 0.471 e. The Morgan fingerprint density at radius 3 is 2.50 bits per heavy atom. The molecule has 0 saturated carbocycles. The molecule has 2 rings (SSSR count). The molecule has 144 valence electrons. The lowest BCUT2D eigenvalue weighted by Crippen LogP contribution is -2.58. The third kappa shape index (κ3) is 5.70. The van der Waals surface area contributed by atoms with Crippen molar-refractivity contribution in [2.45, 2.75) is 57.6 Å². The molecule has 1 fully saturated rings. The SMILES string of the molecule is CC(=O)O[C@H]1C[C@@H](NC(=O)C(F)(F)F)[C@H](OCc2ccccc2)C(C)O1. The van der Waals surface area contributed by atoms with E-state index < -0.39 is 42.6 Å². The van der Waals surface area contributed by atoms with E-state index in [4.69, 9.17) is 14.2 Å². The summed E-state index contributed by atoms with van der Waals surface area (Å²) in [5.74, 6) is -2.71. The first-order chi connectivity index (χ1) is 12.2. The summed E-state index contributed by atoms with van der Waals surface area (Å²) in [6, 6.07) is 8.02. The minimum atomic E-state index is -5.03. The van der Waals surface area contributed by atoms with Crippen LogP contribution in [0, 0.1) is 0 Å². The van der Waals surface area contributed by atoms with Crippen LogP contribution in [0.25, 0.3) is 0 Å². The summed E-state index contributed by atoms with van der Waals surface area (Å²) >= 11 is 0. The summed E-state index contributed by atoms with van der Waals surface area (Å²) in [6.07, 6.45) is -7.77. The maximum absolute atomic E-state index is 12.6. The molecule has 9 heteroatoms. The summed E-state index contributed by atoms with van der Waals surface area (Å²) < 4.78 is 54.0. The first-order valence-corrected chi connectivity index (χ1v) is 8.02. The number of ether oxygens (including phenoxy) is 3. The molecule has 1 saturated heterocycles. The third-order valence-electron chi connectivity index (χ3n) is 3.83. The molecule has 1 aromatic rings. The van der Waals surface area contributed by atoms with Gasteiger partial charge in [-0.1, -0.05) is 30.3 Å². The number of hydrogen-bond acceptors (Lipinski definition) is 5. The standard InChI is InChI=1S/C17H20F3NO5/c1-10-15(24-9-12-6-4-3-5-7-12)13(21-16(23)17(18,19)20)8-14(25-10)26-11(2)22/h3-7,10,13-15H,8-9H2,1-2H3,(H,21,23)/t10?,13-,14+,15-/m1/s1. The van der Waals surface area contributed by atoms with E-state index in [0.29, 0.717) is 0 Å². The number of esters is 1. The van der Waals surface area contributed by atoms with E-state index in [9.17, 15) is 22.8 Å². The van der Waals surface area contributed by atoms with Crippen LogP contribution in [0.4, 0.5) is 13.2 Å². The molecule has 0 aliphatic carbocycles. The van der Waals surface area contributed by atoms with Gasteiger partial charge in [0.15, 0.2) is 0 Å². The third-order valence-corrected chi connectivity index (χ3v) is 3.83. The van der Waals surface area contributed by atoms with Crippen molar-refractivity contribution in [3.8, 4) is 0 Å². The predicted octanol–water partition coefficient (Wildman–Crippen LogP) is 2.32. The molecule has 1 heterocycles. The smallest absolute Gasteiger partial charge is 0.436 e. The molecular weight excluding hydrogens is 355 g/mol. The van der Waals surface area contributed by atoms with Gasteiger partial charge in [0.1, 0.15) is 6.10 Å². The number of carbonyl (C=O) groups excluding carboxylic acids is 2. The van der Waals surface area contributed by atoms with E-state index >= 15 is 0 Å². The van der Waals surface area contributed by atoms with Crippen LogP contribution in [0.1, 0.15) is 25.8 Å². The number of alkyl halides is 3. The van der Waals surface area contributed by atoms with Crippen LogP contribution in [0.3, 0.4) is 0 Å². The Bertz CT molecular complexity index is 623. The number of amides is 1. The van der Waals surface area contributed by atoms with Gasteiger partial charge >= 0.3 is 18.1 Å². The monoisotopic (exact) mass is 375 g/mol. The van der Waals surface area contributed by atoms with Crippen molar-refractivity contribution < 1.29 is 37.0 Å². The molecule has 1 N–H and O–H groups in total. The van der Waals surface area contributed by atoms with Gasteiger partial charge in [-0.25, -0.2) is 0 Å². The molecule has 0 aromatic heterocycles. The van der Waals surface area contributed by atoms with Crippen molar-refractivity contribution in [2.75, 3.05) is 0 Å². The van der Waals surface area contributed by atoms with E-state index in [-0.39, 0.29) is 13.0 Å². The fraction of sp³-hybridized carbons (Fsp3) is 0.529. The summed E-state index contributed by atoms with van der Waals surface area (Å²) in [4.78, 5) is 22.4. The minimum absolute atomic E-state index is 0.135. The van der Waals surface area contributed by atoms with Crippen molar-refractivity contribution in [1.82, 2.24) is 5.32 Å². The zero-order valence-electron chi connectivity index (χ0n) is 14.3. The number of hydrogen-bond donors (Lipinski definition) is 1. The lowest BCUT2D eigenvalue weighted by Gasteiger charge is -2.40. The Labute approximate surface area is 148 Å². The summed E-state index contributed by atoms with van der Waals surface area (Å²) in [7, 11) is 0. The second kappa shape index (κ2) is 8.50. The van der Waals surface area contributed by atoms with Gasteiger partial charge in [-0.3, -0.25) is 9.59 Å².